The number of carbonyl (C=O) groups excluding carboxylic acids is 1. The Bertz CT molecular complexity index is 628. The predicted molar refractivity (Wildman–Crippen MR) is 102 cm³/mol. The smallest absolute Gasteiger partial charge is 0.331 e. The van der Waals surface area contributed by atoms with Gasteiger partial charge in [-0.3, -0.25) is 0 Å². The van der Waals surface area contributed by atoms with E-state index in [9.17, 15) is 4.79 Å². The third-order valence-electron chi connectivity index (χ3n) is 9.81. The van der Waals surface area contributed by atoms with Crippen LogP contribution < -0.4 is 5.73 Å². The van der Waals surface area contributed by atoms with Gasteiger partial charge in [-0.15, -0.1) is 0 Å². The molecule has 4 fully saturated rings. The molecular formula is C23H35NO2. The second-order valence-electron chi connectivity index (χ2n) is 10.3. The molecule has 0 amide bonds. The molecule has 26 heavy (non-hydrogen) atoms. The molecule has 3 heteroatoms. The van der Waals surface area contributed by atoms with E-state index in [4.69, 9.17) is 10.5 Å². The first-order valence-corrected chi connectivity index (χ1v) is 11.2. The molecule has 0 aromatic carbocycles. The molecule has 7 atom stereocenters. The lowest BCUT2D eigenvalue weighted by atomic mass is 9.44. The third-order valence-corrected chi connectivity index (χ3v) is 9.81. The number of hydrogen-bond acceptors (Lipinski definition) is 3. The lowest BCUT2D eigenvalue weighted by Crippen LogP contribution is -2.55. The molecular weight excluding hydrogens is 322 g/mol. The van der Waals surface area contributed by atoms with Gasteiger partial charge in [0.05, 0.1) is 0 Å². The summed E-state index contributed by atoms with van der Waals surface area (Å²) in [6.45, 7) is 3.95. The van der Waals surface area contributed by atoms with Crippen molar-refractivity contribution in [1.29, 1.82) is 0 Å². The minimum absolute atomic E-state index is 0.139. The van der Waals surface area contributed by atoms with Crippen molar-refractivity contribution in [2.75, 3.05) is 13.2 Å². The Hall–Kier alpha value is -0.830. The molecule has 1 aliphatic heterocycles. The highest BCUT2D eigenvalue weighted by atomic mass is 16.5. The lowest BCUT2D eigenvalue weighted by Gasteiger charge is -2.61. The van der Waals surface area contributed by atoms with Crippen molar-refractivity contribution in [1.82, 2.24) is 0 Å². The van der Waals surface area contributed by atoms with Gasteiger partial charge in [-0.2, -0.15) is 0 Å². The molecule has 5 rings (SSSR count). The second kappa shape index (κ2) is 6.09. The summed E-state index contributed by atoms with van der Waals surface area (Å²) in [7, 11) is 0. The Morgan fingerprint density at radius 1 is 1.08 bits per heavy atom. The van der Waals surface area contributed by atoms with Crippen molar-refractivity contribution in [2.24, 2.45) is 46.2 Å². The van der Waals surface area contributed by atoms with Gasteiger partial charge in [-0.1, -0.05) is 19.8 Å². The number of rotatable bonds is 2. The van der Waals surface area contributed by atoms with Crippen LogP contribution in [0.5, 0.6) is 0 Å². The number of nitrogens with two attached hydrogens (primary N) is 1. The summed E-state index contributed by atoms with van der Waals surface area (Å²) in [4.78, 5) is 11.7. The highest BCUT2D eigenvalue weighted by Gasteiger charge is 2.61. The summed E-state index contributed by atoms with van der Waals surface area (Å²) in [5.41, 5.74) is 8.58. The first-order chi connectivity index (χ1) is 12.6. The van der Waals surface area contributed by atoms with Gasteiger partial charge in [0.25, 0.3) is 0 Å². The van der Waals surface area contributed by atoms with Crippen molar-refractivity contribution >= 4 is 5.97 Å². The Morgan fingerprint density at radius 3 is 2.73 bits per heavy atom. The van der Waals surface area contributed by atoms with E-state index < -0.39 is 0 Å². The van der Waals surface area contributed by atoms with Gasteiger partial charge in [0.1, 0.15) is 6.61 Å². The number of fused-ring (bicyclic) bond motifs is 5. The average molecular weight is 358 g/mol. The molecule has 0 spiro atoms. The fourth-order valence-corrected chi connectivity index (χ4v) is 8.65. The van der Waals surface area contributed by atoms with Gasteiger partial charge >= 0.3 is 5.97 Å². The van der Waals surface area contributed by atoms with Gasteiger partial charge in [-0.05, 0) is 104 Å². The maximum absolute atomic E-state index is 11.7. The first kappa shape index (κ1) is 17.3. The quantitative estimate of drug-likeness (QED) is 0.743. The summed E-state index contributed by atoms with van der Waals surface area (Å²) in [6.07, 6.45) is 15.7. The van der Waals surface area contributed by atoms with Gasteiger partial charge in [0, 0.05) is 6.08 Å². The molecule has 0 bridgehead atoms. The molecule has 144 valence electrons. The lowest BCUT2D eigenvalue weighted by molar-refractivity contribution is -0.135. The molecule has 5 aliphatic rings. The van der Waals surface area contributed by atoms with Crippen LogP contribution in [0.15, 0.2) is 11.6 Å². The molecule has 1 heterocycles. The average Bonchev–Trinajstić information content (AvgIpc) is 3.24. The van der Waals surface area contributed by atoms with Crippen LogP contribution in [0.2, 0.25) is 0 Å². The third kappa shape index (κ3) is 2.25. The van der Waals surface area contributed by atoms with Crippen molar-refractivity contribution in [3.8, 4) is 0 Å². The van der Waals surface area contributed by atoms with Crippen molar-refractivity contribution < 1.29 is 9.53 Å². The van der Waals surface area contributed by atoms with E-state index in [1.54, 1.807) is 6.08 Å². The largest absolute Gasteiger partial charge is 0.458 e. The van der Waals surface area contributed by atoms with Crippen LogP contribution in [-0.4, -0.2) is 19.1 Å². The van der Waals surface area contributed by atoms with E-state index in [1.165, 1.54) is 69.8 Å². The topological polar surface area (TPSA) is 52.3 Å². The molecule has 0 radical (unpaired) electrons. The zero-order chi connectivity index (χ0) is 17.9. The molecule has 0 aromatic rings. The van der Waals surface area contributed by atoms with Gasteiger partial charge < -0.3 is 10.5 Å². The summed E-state index contributed by atoms with van der Waals surface area (Å²) < 4.78 is 5.27. The molecule has 0 saturated heterocycles. The van der Waals surface area contributed by atoms with Crippen LogP contribution in [0.4, 0.5) is 0 Å². The van der Waals surface area contributed by atoms with E-state index in [0.717, 1.165) is 30.2 Å². The molecule has 4 saturated carbocycles. The van der Waals surface area contributed by atoms with Crippen molar-refractivity contribution in [2.45, 2.75) is 71.1 Å². The Morgan fingerprint density at radius 2 is 1.96 bits per heavy atom. The fraction of sp³-hybridized carbons (Fsp3) is 0.870. The number of carbonyl (C=O) groups is 1. The summed E-state index contributed by atoms with van der Waals surface area (Å²) in [5, 5.41) is 0. The maximum atomic E-state index is 11.7. The van der Waals surface area contributed by atoms with Crippen LogP contribution in [0.3, 0.4) is 0 Å². The number of esters is 1. The molecule has 0 aromatic heterocycles. The van der Waals surface area contributed by atoms with Crippen LogP contribution in [0.1, 0.15) is 71.1 Å². The predicted octanol–water partition coefficient (Wildman–Crippen LogP) is 4.46. The second-order valence-corrected chi connectivity index (χ2v) is 10.3. The molecule has 3 nitrogen and oxygen atoms in total. The van der Waals surface area contributed by atoms with Crippen LogP contribution >= 0.6 is 0 Å². The van der Waals surface area contributed by atoms with E-state index in [-0.39, 0.29) is 11.4 Å². The number of hydrogen-bond donors (Lipinski definition) is 1. The zero-order valence-electron chi connectivity index (χ0n) is 16.3. The highest BCUT2D eigenvalue weighted by Crippen LogP contribution is 2.68. The van der Waals surface area contributed by atoms with Crippen LogP contribution in [0.25, 0.3) is 0 Å². The van der Waals surface area contributed by atoms with E-state index in [0.29, 0.717) is 17.9 Å². The standard InChI is InChI=1S/C23H35NO2/c1-22-10-3-2-4-16(22)5-6-17-19(22)9-11-23(14-24)18(7-8-20(17)23)15-12-21(25)26-13-15/h12,16-20H,2-11,13-14,24H2,1H3/t16?,17-,18-,19+,20-,22+,23+/m1/s1. The monoisotopic (exact) mass is 357 g/mol. The van der Waals surface area contributed by atoms with Crippen LogP contribution in [0, 0.1) is 40.4 Å². The highest BCUT2D eigenvalue weighted by molar-refractivity contribution is 5.85. The van der Waals surface area contributed by atoms with E-state index >= 15 is 0 Å². The minimum Gasteiger partial charge on any atom is -0.458 e. The Labute approximate surface area is 158 Å². The summed E-state index contributed by atoms with van der Waals surface area (Å²) >= 11 is 0. The van der Waals surface area contributed by atoms with E-state index in [2.05, 4.69) is 6.92 Å². The SMILES string of the molecule is C[C@]12CCCCC1CC[C@H]1[C@H]3CC[C@H](C4=CC(=O)OC4)[C@@]3(CN)CC[C@@H]12. The molecule has 4 aliphatic carbocycles. The number of cyclic esters (lactones) is 1. The maximum Gasteiger partial charge on any atom is 0.331 e. The van der Waals surface area contributed by atoms with Gasteiger partial charge in [-0.25, -0.2) is 4.79 Å². The Kier molecular flexibility index (Phi) is 4.05. The van der Waals surface area contributed by atoms with Gasteiger partial charge in [0.2, 0.25) is 0 Å². The van der Waals surface area contributed by atoms with Crippen LogP contribution in [-0.2, 0) is 9.53 Å². The normalized spacial score (nSPS) is 50.5. The minimum atomic E-state index is -0.139. The first-order valence-electron chi connectivity index (χ1n) is 11.2. The molecule has 1 unspecified atom stereocenters. The summed E-state index contributed by atoms with van der Waals surface area (Å²) in [6, 6.07) is 0. The van der Waals surface area contributed by atoms with E-state index in [1.807, 2.05) is 0 Å². The fourth-order valence-electron chi connectivity index (χ4n) is 8.65. The Balaban J connectivity index is 1.46. The number of ether oxygens (including phenoxy) is 1. The van der Waals surface area contributed by atoms with Gasteiger partial charge in [0.15, 0.2) is 0 Å². The molecule has 2 N–H and O–H groups in total. The zero-order valence-corrected chi connectivity index (χ0v) is 16.3. The van der Waals surface area contributed by atoms with Crippen molar-refractivity contribution in [3.63, 3.8) is 0 Å². The van der Waals surface area contributed by atoms with Crippen molar-refractivity contribution in [3.05, 3.63) is 11.6 Å². The summed E-state index contributed by atoms with van der Waals surface area (Å²) in [5.74, 6) is 3.88.